The van der Waals surface area contributed by atoms with Crippen molar-refractivity contribution in [1.82, 2.24) is 4.57 Å². The Bertz CT molecular complexity index is 878. The number of pyridine rings is 1. The Kier molecular flexibility index (Phi) is 4.37. The molecule has 0 aliphatic carbocycles. The zero-order valence-corrected chi connectivity index (χ0v) is 15.6. The molecule has 0 unspecified atom stereocenters. The highest BCUT2D eigenvalue weighted by Crippen LogP contribution is 2.41. The average Bonchev–Trinajstić information content (AvgIpc) is 2.64. The van der Waals surface area contributed by atoms with Gasteiger partial charge in [0.15, 0.2) is 0 Å². The van der Waals surface area contributed by atoms with Gasteiger partial charge in [-0.15, -0.1) is 0 Å². The highest BCUT2D eigenvalue weighted by atomic mass is 16.6. The first kappa shape index (κ1) is 17.3. The Balaban J connectivity index is 1.73. The second-order valence-corrected chi connectivity index (χ2v) is 7.71. The molecule has 1 atom stereocenters. The van der Waals surface area contributed by atoms with Crippen molar-refractivity contribution >= 4 is 0 Å². The summed E-state index contributed by atoms with van der Waals surface area (Å²) in [5, 5.41) is 0. The fraction of sp³-hybridized carbons (Fsp3) is 0.476. The standard InChI is InChI=1S/C21H25NO4/c1-14-18(26-12-15-11-24-8-9-25-15)10-19(23)22-13-21(2,3)17-7-5-4-6-16(17)20(14)22/h4-7,10,15H,8-9,11-13H2,1-3H3/t15-/m0/s1. The van der Waals surface area contributed by atoms with Crippen molar-refractivity contribution in [2.24, 2.45) is 0 Å². The number of hydrogen-bond donors (Lipinski definition) is 0. The normalized spacial score (nSPS) is 21.0. The van der Waals surface area contributed by atoms with Crippen molar-refractivity contribution in [1.29, 1.82) is 0 Å². The van der Waals surface area contributed by atoms with E-state index in [1.807, 2.05) is 17.6 Å². The first-order valence-electron chi connectivity index (χ1n) is 9.14. The Morgan fingerprint density at radius 1 is 1.27 bits per heavy atom. The summed E-state index contributed by atoms with van der Waals surface area (Å²) in [6, 6.07) is 9.94. The van der Waals surface area contributed by atoms with Gasteiger partial charge in [-0.2, -0.15) is 0 Å². The van der Waals surface area contributed by atoms with Gasteiger partial charge in [-0.1, -0.05) is 38.1 Å². The van der Waals surface area contributed by atoms with Gasteiger partial charge in [-0.3, -0.25) is 4.79 Å². The van der Waals surface area contributed by atoms with E-state index in [-0.39, 0.29) is 17.1 Å². The van der Waals surface area contributed by atoms with Gasteiger partial charge in [0.2, 0.25) is 0 Å². The maximum absolute atomic E-state index is 12.8. The van der Waals surface area contributed by atoms with Crippen LogP contribution in [0.1, 0.15) is 25.0 Å². The van der Waals surface area contributed by atoms with Crippen molar-refractivity contribution in [3.8, 4) is 17.0 Å². The van der Waals surface area contributed by atoms with Gasteiger partial charge in [0.1, 0.15) is 18.5 Å². The molecule has 5 nitrogen and oxygen atoms in total. The molecule has 3 heterocycles. The van der Waals surface area contributed by atoms with Crippen LogP contribution in [0.2, 0.25) is 0 Å². The van der Waals surface area contributed by atoms with E-state index in [0.29, 0.717) is 38.7 Å². The van der Waals surface area contributed by atoms with Gasteiger partial charge in [0.25, 0.3) is 5.56 Å². The summed E-state index contributed by atoms with van der Waals surface area (Å²) in [6.07, 6.45) is -0.0897. The predicted molar refractivity (Wildman–Crippen MR) is 100.0 cm³/mol. The minimum atomic E-state index is -0.0897. The lowest BCUT2D eigenvalue weighted by molar-refractivity contribution is -0.101. The number of hydrogen-bond acceptors (Lipinski definition) is 4. The van der Waals surface area contributed by atoms with Crippen LogP contribution in [-0.2, 0) is 21.4 Å². The molecule has 0 bridgehead atoms. The highest BCUT2D eigenvalue weighted by molar-refractivity contribution is 5.72. The average molecular weight is 355 g/mol. The molecule has 26 heavy (non-hydrogen) atoms. The number of fused-ring (bicyclic) bond motifs is 3. The number of ether oxygens (including phenoxy) is 3. The maximum atomic E-state index is 12.8. The predicted octanol–water partition coefficient (Wildman–Crippen LogP) is 2.91. The SMILES string of the molecule is Cc1c(OC[C@@H]2COCCO2)cc(=O)n2c1-c1ccccc1C(C)(C)C2. The van der Waals surface area contributed by atoms with Crippen LogP contribution in [0.5, 0.6) is 5.75 Å². The van der Waals surface area contributed by atoms with Gasteiger partial charge < -0.3 is 18.8 Å². The Labute approximate surface area is 153 Å². The summed E-state index contributed by atoms with van der Waals surface area (Å²) >= 11 is 0. The maximum Gasteiger partial charge on any atom is 0.254 e. The summed E-state index contributed by atoms with van der Waals surface area (Å²) in [5.41, 5.74) is 4.22. The van der Waals surface area contributed by atoms with Crippen LogP contribution in [0.4, 0.5) is 0 Å². The molecule has 1 saturated heterocycles. The molecule has 2 aliphatic rings. The molecule has 0 radical (unpaired) electrons. The Morgan fingerprint density at radius 3 is 2.85 bits per heavy atom. The van der Waals surface area contributed by atoms with Crippen molar-refractivity contribution in [3.63, 3.8) is 0 Å². The van der Waals surface area contributed by atoms with Gasteiger partial charge >= 0.3 is 0 Å². The largest absolute Gasteiger partial charge is 0.490 e. The Morgan fingerprint density at radius 2 is 2.08 bits per heavy atom. The lowest BCUT2D eigenvalue weighted by Crippen LogP contribution is -2.37. The lowest BCUT2D eigenvalue weighted by atomic mass is 9.77. The van der Waals surface area contributed by atoms with Crippen LogP contribution in [-0.4, -0.2) is 37.1 Å². The highest BCUT2D eigenvalue weighted by Gasteiger charge is 2.33. The van der Waals surface area contributed by atoms with Gasteiger partial charge in [0, 0.05) is 29.2 Å². The molecule has 138 valence electrons. The number of aromatic nitrogens is 1. The summed E-state index contributed by atoms with van der Waals surface area (Å²) < 4.78 is 18.9. The minimum Gasteiger partial charge on any atom is -0.490 e. The third-order valence-electron chi connectivity index (χ3n) is 5.29. The minimum absolute atomic E-state index is 0.0241. The van der Waals surface area contributed by atoms with Crippen molar-refractivity contribution < 1.29 is 14.2 Å². The van der Waals surface area contributed by atoms with Crippen LogP contribution in [0, 0.1) is 6.92 Å². The van der Waals surface area contributed by atoms with Gasteiger partial charge in [-0.25, -0.2) is 0 Å². The molecular weight excluding hydrogens is 330 g/mol. The van der Waals surface area contributed by atoms with E-state index in [1.54, 1.807) is 6.07 Å². The molecule has 1 fully saturated rings. The third kappa shape index (κ3) is 2.95. The van der Waals surface area contributed by atoms with Crippen molar-refractivity contribution in [3.05, 3.63) is 51.8 Å². The summed E-state index contributed by atoms with van der Waals surface area (Å²) in [7, 11) is 0. The fourth-order valence-electron chi connectivity index (χ4n) is 3.96. The van der Waals surface area contributed by atoms with Crippen LogP contribution in [0.25, 0.3) is 11.3 Å². The lowest BCUT2D eigenvalue weighted by Gasteiger charge is -2.36. The smallest absolute Gasteiger partial charge is 0.254 e. The van der Waals surface area contributed by atoms with E-state index >= 15 is 0 Å². The number of nitrogens with zero attached hydrogens (tertiary/aromatic N) is 1. The molecule has 2 aliphatic heterocycles. The molecule has 0 spiro atoms. The molecule has 0 N–H and O–H groups in total. The molecule has 1 aromatic carbocycles. The monoisotopic (exact) mass is 355 g/mol. The molecule has 0 amide bonds. The van der Waals surface area contributed by atoms with Crippen LogP contribution >= 0.6 is 0 Å². The summed E-state index contributed by atoms with van der Waals surface area (Å²) in [5.74, 6) is 0.630. The first-order chi connectivity index (χ1) is 12.5. The quantitative estimate of drug-likeness (QED) is 0.849. The van der Waals surface area contributed by atoms with Crippen molar-refractivity contribution in [2.75, 3.05) is 26.4 Å². The first-order valence-corrected chi connectivity index (χ1v) is 9.14. The second-order valence-electron chi connectivity index (χ2n) is 7.71. The van der Waals surface area contributed by atoms with Crippen molar-refractivity contribution in [2.45, 2.75) is 38.8 Å². The molecule has 2 aromatic rings. The molecule has 5 heteroatoms. The van der Waals surface area contributed by atoms with E-state index in [1.165, 1.54) is 5.56 Å². The third-order valence-corrected chi connectivity index (χ3v) is 5.29. The summed E-state index contributed by atoms with van der Waals surface area (Å²) in [4.78, 5) is 12.8. The molecule has 0 saturated carbocycles. The number of benzene rings is 1. The number of rotatable bonds is 3. The van der Waals surface area contributed by atoms with Gasteiger partial charge in [-0.05, 0) is 12.5 Å². The molecule has 4 rings (SSSR count). The van der Waals surface area contributed by atoms with E-state index in [0.717, 1.165) is 16.8 Å². The van der Waals surface area contributed by atoms with Crippen LogP contribution in [0.15, 0.2) is 35.1 Å². The van der Waals surface area contributed by atoms with E-state index < -0.39 is 0 Å². The Hall–Kier alpha value is -2.11. The van der Waals surface area contributed by atoms with E-state index in [2.05, 4.69) is 32.0 Å². The van der Waals surface area contributed by atoms with Crippen LogP contribution < -0.4 is 10.3 Å². The van der Waals surface area contributed by atoms with E-state index in [9.17, 15) is 4.79 Å². The second kappa shape index (κ2) is 6.56. The molecule has 1 aromatic heterocycles. The molecular formula is C21H25NO4. The van der Waals surface area contributed by atoms with Gasteiger partial charge in [0.05, 0.1) is 25.5 Å². The van der Waals surface area contributed by atoms with E-state index in [4.69, 9.17) is 14.2 Å². The zero-order chi connectivity index (χ0) is 18.3. The van der Waals surface area contributed by atoms with Crippen LogP contribution in [0.3, 0.4) is 0 Å². The zero-order valence-electron chi connectivity index (χ0n) is 15.6. The topological polar surface area (TPSA) is 49.7 Å². The fourth-order valence-corrected chi connectivity index (χ4v) is 3.96. The summed E-state index contributed by atoms with van der Waals surface area (Å²) in [6.45, 7) is 9.18.